The molecule has 0 aliphatic heterocycles. The quantitative estimate of drug-likeness (QED) is 0.667. The summed E-state index contributed by atoms with van der Waals surface area (Å²) in [4.78, 5) is 0. The van der Waals surface area contributed by atoms with E-state index in [2.05, 4.69) is 0 Å². The highest BCUT2D eigenvalue weighted by molar-refractivity contribution is 6.31. The third-order valence-electron chi connectivity index (χ3n) is 2.64. The summed E-state index contributed by atoms with van der Waals surface area (Å²) < 4.78 is 13.9. The second kappa shape index (κ2) is 4.26. The zero-order chi connectivity index (χ0) is 11.7. The van der Waals surface area contributed by atoms with E-state index >= 15 is 0 Å². The van der Waals surface area contributed by atoms with Crippen LogP contribution in [0.15, 0.2) is 36.4 Å². The highest BCUT2D eigenvalue weighted by Crippen LogP contribution is 2.29. The van der Waals surface area contributed by atoms with Crippen molar-refractivity contribution in [1.29, 1.82) is 0 Å². The Morgan fingerprint density at radius 3 is 2.19 bits per heavy atom. The number of halogens is 2. The van der Waals surface area contributed by atoms with Crippen molar-refractivity contribution in [2.24, 2.45) is 0 Å². The maximum atomic E-state index is 13.9. The minimum absolute atomic E-state index is 0.207. The zero-order valence-corrected chi connectivity index (χ0v) is 9.98. The summed E-state index contributed by atoms with van der Waals surface area (Å²) in [5.74, 6) is -0.342. The summed E-state index contributed by atoms with van der Waals surface area (Å²) in [5, 5.41) is 0.207. The molecular formula is C14H12ClF. The van der Waals surface area contributed by atoms with Gasteiger partial charge in [0, 0.05) is 5.56 Å². The molecule has 0 amide bonds. The van der Waals surface area contributed by atoms with Gasteiger partial charge in [-0.3, -0.25) is 0 Å². The molecule has 0 aliphatic carbocycles. The van der Waals surface area contributed by atoms with Gasteiger partial charge in [0.1, 0.15) is 5.82 Å². The summed E-state index contributed by atoms with van der Waals surface area (Å²) in [6.45, 7) is 3.80. The molecule has 2 aromatic rings. The summed E-state index contributed by atoms with van der Waals surface area (Å²) in [7, 11) is 0. The first-order valence-electron chi connectivity index (χ1n) is 5.11. The molecule has 0 aliphatic rings. The molecule has 82 valence electrons. The van der Waals surface area contributed by atoms with Crippen LogP contribution in [0.3, 0.4) is 0 Å². The van der Waals surface area contributed by atoms with Crippen molar-refractivity contribution in [2.75, 3.05) is 0 Å². The lowest BCUT2D eigenvalue weighted by Crippen LogP contribution is -1.88. The van der Waals surface area contributed by atoms with Crippen LogP contribution in [0, 0.1) is 19.7 Å². The van der Waals surface area contributed by atoms with E-state index in [9.17, 15) is 4.39 Å². The van der Waals surface area contributed by atoms with E-state index in [0.717, 1.165) is 16.7 Å². The van der Waals surface area contributed by atoms with Crippen LogP contribution in [0.5, 0.6) is 0 Å². The second-order valence-electron chi connectivity index (χ2n) is 3.92. The fourth-order valence-corrected chi connectivity index (χ4v) is 1.77. The Morgan fingerprint density at radius 2 is 1.56 bits per heavy atom. The van der Waals surface area contributed by atoms with Gasteiger partial charge < -0.3 is 0 Å². The van der Waals surface area contributed by atoms with Gasteiger partial charge in [0.2, 0.25) is 0 Å². The Hall–Kier alpha value is -1.34. The Morgan fingerprint density at radius 1 is 0.938 bits per heavy atom. The molecule has 0 saturated heterocycles. The normalized spacial score (nSPS) is 10.5. The molecule has 16 heavy (non-hydrogen) atoms. The fourth-order valence-electron chi connectivity index (χ4n) is 1.60. The molecule has 0 atom stereocenters. The van der Waals surface area contributed by atoms with Gasteiger partial charge in [-0.25, -0.2) is 4.39 Å². The second-order valence-corrected chi connectivity index (χ2v) is 4.30. The highest BCUT2D eigenvalue weighted by Gasteiger charge is 2.10. The van der Waals surface area contributed by atoms with Gasteiger partial charge in [0.15, 0.2) is 0 Å². The molecule has 0 saturated carbocycles. The van der Waals surface area contributed by atoms with Crippen LogP contribution < -0.4 is 0 Å². The van der Waals surface area contributed by atoms with Gasteiger partial charge in [-0.15, -0.1) is 0 Å². The molecule has 0 aromatic heterocycles. The Balaban J connectivity index is 2.57. The topological polar surface area (TPSA) is 0 Å². The predicted molar refractivity (Wildman–Crippen MR) is 66.3 cm³/mol. The molecule has 0 heterocycles. The van der Waals surface area contributed by atoms with E-state index in [1.165, 1.54) is 0 Å². The first-order valence-corrected chi connectivity index (χ1v) is 5.49. The average molecular weight is 235 g/mol. The predicted octanol–water partition coefficient (Wildman–Crippen LogP) is 4.76. The first kappa shape index (κ1) is 11.2. The maximum absolute atomic E-state index is 13.9. The SMILES string of the molecule is Cc1ccc(-c2ccc(C)c(Cl)c2F)cc1. The summed E-state index contributed by atoms with van der Waals surface area (Å²) in [6, 6.07) is 11.3. The number of aryl methyl sites for hydroxylation is 2. The molecule has 2 heteroatoms. The number of hydrogen-bond donors (Lipinski definition) is 0. The van der Waals surface area contributed by atoms with Crippen LogP contribution in [0.4, 0.5) is 4.39 Å². The van der Waals surface area contributed by atoms with E-state index in [1.54, 1.807) is 13.0 Å². The smallest absolute Gasteiger partial charge is 0.149 e. The molecule has 0 bridgehead atoms. The van der Waals surface area contributed by atoms with Gasteiger partial charge in [0.25, 0.3) is 0 Å². The average Bonchev–Trinajstić information content (AvgIpc) is 2.28. The van der Waals surface area contributed by atoms with Gasteiger partial charge in [-0.05, 0) is 25.0 Å². The van der Waals surface area contributed by atoms with Crippen molar-refractivity contribution in [1.82, 2.24) is 0 Å². The van der Waals surface area contributed by atoms with Gasteiger partial charge in [0.05, 0.1) is 5.02 Å². The summed E-state index contributed by atoms with van der Waals surface area (Å²) in [5.41, 5.74) is 3.32. The van der Waals surface area contributed by atoms with Crippen LogP contribution in [0.2, 0.25) is 5.02 Å². The molecule has 0 radical (unpaired) electrons. The number of rotatable bonds is 1. The van der Waals surface area contributed by atoms with Crippen LogP contribution in [0.1, 0.15) is 11.1 Å². The van der Waals surface area contributed by atoms with Crippen molar-refractivity contribution < 1.29 is 4.39 Å². The lowest BCUT2D eigenvalue weighted by molar-refractivity contribution is 0.630. The van der Waals surface area contributed by atoms with E-state index in [1.807, 2.05) is 37.3 Å². The lowest BCUT2D eigenvalue weighted by atomic mass is 10.0. The van der Waals surface area contributed by atoms with Gasteiger partial charge in [-0.2, -0.15) is 0 Å². The van der Waals surface area contributed by atoms with Crippen molar-refractivity contribution >= 4 is 11.6 Å². The Kier molecular flexibility index (Phi) is 2.97. The van der Waals surface area contributed by atoms with Crippen molar-refractivity contribution in [3.63, 3.8) is 0 Å². The molecule has 0 spiro atoms. The van der Waals surface area contributed by atoms with Crippen molar-refractivity contribution in [3.05, 3.63) is 58.4 Å². The zero-order valence-electron chi connectivity index (χ0n) is 9.22. The fraction of sp³-hybridized carbons (Fsp3) is 0.143. The molecule has 2 rings (SSSR count). The molecule has 0 nitrogen and oxygen atoms in total. The standard InChI is InChI=1S/C14H12ClF/c1-9-3-6-11(7-4-9)12-8-5-10(2)13(15)14(12)16/h3-8H,1-2H3. The third-order valence-corrected chi connectivity index (χ3v) is 3.10. The molecule has 0 fully saturated rings. The minimum atomic E-state index is -0.342. The van der Waals surface area contributed by atoms with E-state index in [4.69, 9.17) is 11.6 Å². The van der Waals surface area contributed by atoms with E-state index < -0.39 is 0 Å². The number of benzene rings is 2. The Labute approximate surface area is 99.7 Å². The minimum Gasteiger partial charge on any atom is -0.205 e. The van der Waals surface area contributed by atoms with Gasteiger partial charge >= 0.3 is 0 Å². The van der Waals surface area contributed by atoms with E-state index in [0.29, 0.717) is 5.56 Å². The van der Waals surface area contributed by atoms with Crippen LogP contribution >= 0.6 is 11.6 Å². The largest absolute Gasteiger partial charge is 0.205 e. The van der Waals surface area contributed by atoms with Crippen molar-refractivity contribution in [2.45, 2.75) is 13.8 Å². The molecule has 0 unspecified atom stereocenters. The molecule has 2 aromatic carbocycles. The highest BCUT2D eigenvalue weighted by atomic mass is 35.5. The van der Waals surface area contributed by atoms with Gasteiger partial charge in [-0.1, -0.05) is 53.6 Å². The maximum Gasteiger partial charge on any atom is 0.149 e. The van der Waals surface area contributed by atoms with Crippen molar-refractivity contribution in [3.8, 4) is 11.1 Å². The van der Waals surface area contributed by atoms with Crippen LogP contribution in [-0.4, -0.2) is 0 Å². The first-order chi connectivity index (χ1) is 7.59. The summed E-state index contributed by atoms with van der Waals surface area (Å²) in [6.07, 6.45) is 0. The third kappa shape index (κ3) is 1.96. The Bertz CT molecular complexity index is 515. The number of hydrogen-bond acceptors (Lipinski definition) is 0. The van der Waals surface area contributed by atoms with Crippen LogP contribution in [0.25, 0.3) is 11.1 Å². The molecule has 0 N–H and O–H groups in total. The summed E-state index contributed by atoms with van der Waals surface area (Å²) >= 11 is 5.89. The monoisotopic (exact) mass is 234 g/mol. The molecular weight excluding hydrogens is 223 g/mol. The van der Waals surface area contributed by atoms with Crippen LogP contribution in [-0.2, 0) is 0 Å². The lowest BCUT2D eigenvalue weighted by Gasteiger charge is -2.07. The van der Waals surface area contributed by atoms with E-state index in [-0.39, 0.29) is 10.8 Å².